The van der Waals surface area contributed by atoms with Crippen LogP contribution in [0.1, 0.15) is 36.7 Å². The Morgan fingerprint density at radius 3 is 2.26 bits per heavy atom. The fraction of sp³-hybridized carbons (Fsp3) is 0.417. The predicted molar refractivity (Wildman–Crippen MR) is 67.7 cm³/mol. The molecule has 0 saturated heterocycles. The van der Waals surface area contributed by atoms with Crippen molar-refractivity contribution >= 4 is 16.0 Å². The van der Waals surface area contributed by atoms with E-state index < -0.39 is 32.3 Å². The lowest BCUT2D eigenvalue weighted by molar-refractivity contribution is 0.00690. The lowest BCUT2D eigenvalue weighted by Crippen LogP contribution is -2.24. The van der Waals surface area contributed by atoms with E-state index in [0.717, 1.165) is 6.07 Å². The number of primary sulfonamides is 1. The molecule has 0 bridgehead atoms. The molecular weight excluding hydrogens is 273 g/mol. The molecule has 0 aromatic heterocycles. The van der Waals surface area contributed by atoms with Crippen molar-refractivity contribution in [3.63, 3.8) is 0 Å². The molecule has 0 radical (unpaired) electrons. The molecule has 0 spiro atoms. The molecule has 1 aromatic carbocycles. The summed E-state index contributed by atoms with van der Waals surface area (Å²) in [4.78, 5) is 11.1. The number of carbonyl (C=O) groups is 1. The zero-order valence-corrected chi connectivity index (χ0v) is 12.0. The number of carbonyl (C=O) groups excluding carboxylic acids is 1. The maximum absolute atomic E-state index is 13.7. The van der Waals surface area contributed by atoms with Crippen LogP contribution >= 0.6 is 0 Å². The minimum Gasteiger partial charge on any atom is -0.456 e. The SMILES string of the molecule is Cc1cc(C(=O)OC(C)(C)C)cc(S(N)(=O)=O)c1F. The summed E-state index contributed by atoms with van der Waals surface area (Å²) in [5.41, 5.74) is -0.786. The standard InChI is InChI=1S/C12H16FNO4S/c1-7-5-8(11(15)18-12(2,3)4)6-9(10(7)13)19(14,16)17/h5-6H,1-4H3,(H2,14,16,17). The Balaban J connectivity index is 3.33. The number of esters is 1. The summed E-state index contributed by atoms with van der Waals surface area (Å²) in [6.45, 7) is 6.35. The average molecular weight is 289 g/mol. The van der Waals surface area contributed by atoms with E-state index in [1.165, 1.54) is 13.0 Å². The fourth-order valence-corrected chi connectivity index (χ4v) is 2.10. The summed E-state index contributed by atoms with van der Waals surface area (Å²) < 4.78 is 41.3. The maximum atomic E-state index is 13.7. The molecule has 0 aliphatic rings. The number of benzene rings is 1. The van der Waals surface area contributed by atoms with Crippen LogP contribution in [0, 0.1) is 12.7 Å². The lowest BCUT2D eigenvalue weighted by Gasteiger charge is -2.20. The first-order valence-corrected chi connectivity index (χ1v) is 7.03. The molecular formula is C12H16FNO4S. The smallest absolute Gasteiger partial charge is 0.338 e. The van der Waals surface area contributed by atoms with E-state index in [9.17, 15) is 17.6 Å². The number of ether oxygens (including phenoxy) is 1. The van der Waals surface area contributed by atoms with Crippen molar-refractivity contribution in [1.29, 1.82) is 0 Å². The number of hydrogen-bond donors (Lipinski definition) is 1. The van der Waals surface area contributed by atoms with Gasteiger partial charge in [0.25, 0.3) is 0 Å². The van der Waals surface area contributed by atoms with E-state index in [0.29, 0.717) is 0 Å². The van der Waals surface area contributed by atoms with Gasteiger partial charge in [0.05, 0.1) is 5.56 Å². The van der Waals surface area contributed by atoms with Crippen LogP contribution in [0.3, 0.4) is 0 Å². The number of rotatable bonds is 2. The van der Waals surface area contributed by atoms with Crippen LogP contribution in [0.2, 0.25) is 0 Å². The van der Waals surface area contributed by atoms with Gasteiger partial charge in [-0.05, 0) is 45.4 Å². The van der Waals surface area contributed by atoms with Gasteiger partial charge in [-0.15, -0.1) is 0 Å². The van der Waals surface area contributed by atoms with Gasteiger partial charge in [-0.2, -0.15) is 0 Å². The van der Waals surface area contributed by atoms with E-state index in [4.69, 9.17) is 9.88 Å². The second kappa shape index (κ2) is 4.90. The highest BCUT2D eigenvalue weighted by Crippen LogP contribution is 2.21. The van der Waals surface area contributed by atoms with E-state index >= 15 is 0 Å². The molecule has 7 heteroatoms. The van der Waals surface area contributed by atoms with E-state index in [-0.39, 0.29) is 11.1 Å². The number of aryl methyl sites for hydroxylation is 1. The van der Waals surface area contributed by atoms with Gasteiger partial charge in [0, 0.05) is 0 Å². The monoisotopic (exact) mass is 289 g/mol. The van der Waals surface area contributed by atoms with Crippen molar-refractivity contribution in [2.45, 2.75) is 38.2 Å². The highest BCUT2D eigenvalue weighted by Gasteiger charge is 2.23. The summed E-state index contributed by atoms with van der Waals surface area (Å²) in [7, 11) is -4.24. The van der Waals surface area contributed by atoms with Crippen molar-refractivity contribution in [2.75, 3.05) is 0 Å². The zero-order valence-electron chi connectivity index (χ0n) is 11.2. The Kier molecular flexibility index (Phi) is 4.02. The summed E-state index contributed by atoms with van der Waals surface area (Å²) in [5.74, 6) is -1.70. The van der Waals surface area contributed by atoms with Gasteiger partial charge in [-0.25, -0.2) is 22.7 Å². The van der Waals surface area contributed by atoms with Gasteiger partial charge in [0.2, 0.25) is 10.0 Å². The summed E-state index contributed by atoms with van der Waals surface area (Å²) in [6.07, 6.45) is 0. The van der Waals surface area contributed by atoms with Crippen LogP contribution in [-0.4, -0.2) is 20.0 Å². The highest BCUT2D eigenvalue weighted by atomic mass is 32.2. The molecule has 19 heavy (non-hydrogen) atoms. The first-order valence-electron chi connectivity index (χ1n) is 5.48. The van der Waals surface area contributed by atoms with Crippen molar-refractivity contribution in [3.8, 4) is 0 Å². The van der Waals surface area contributed by atoms with Crippen LogP contribution in [0.5, 0.6) is 0 Å². The molecule has 5 nitrogen and oxygen atoms in total. The third kappa shape index (κ3) is 4.00. The maximum Gasteiger partial charge on any atom is 0.338 e. The van der Waals surface area contributed by atoms with Gasteiger partial charge in [0.1, 0.15) is 16.3 Å². The molecule has 0 atom stereocenters. The van der Waals surface area contributed by atoms with Gasteiger partial charge < -0.3 is 4.74 Å². The molecule has 0 heterocycles. The predicted octanol–water partition coefficient (Wildman–Crippen LogP) is 1.74. The third-order valence-corrected chi connectivity index (χ3v) is 3.07. The van der Waals surface area contributed by atoms with Crippen LogP contribution < -0.4 is 5.14 Å². The topological polar surface area (TPSA) is 86.5 Å². The summed E-state index contributed by atoms with van der Waals surface area (Å²) in [6, 6.07) is 2.10. The number of halogens is 1. The Labute approximate surface area is 111 Å². The van der Waals surface area contributed by atoms with E-state index in [1.54, 1.807) is 20.8 Å². The van der Waals surface area contributed by atoms with Gasteiger partial charge >= 0.3 is 5.97 Å². The van der Waals surface area contributed by atoms with Gasteiger partial charge in [-0.1, -0.05) is 0 Å². The van der Waals surface area contributed by atoms with Crippen molar-refractivity contribution in [3.05, 3.63) is 29.1 Å². The average Bonchev–Trinajstić information content (AvgIpc) is 2.17. The fourth-order valence-electron chi connectivity index (χ4n) is 1.40. The van der Waals surface area contributed by atoms with Crippen LogP contribution in [-0.2, 0) is 14.8 Å². The molecule has 0 amide bonds. The zero-order chi connectivity index (χ0) is 15.0. The van der Waals surface area contributed by atoms with Gasteiger partial charge in [-0.3, -0.25) is 0 Å². The second-order valence-corrected chi connectivity index (χ2v) is 6.68. The van der Waals surface area contributed by atoms with Crippen molar-refractivity contribution in [2.24, 2.45) is 5.14 Å². The van der Waals surface area contributed by atoms with Gasteiger partial charge in [0.15, 0.2) is 0 Å². The van der Waals surface area contributed by atoms with E-state index in [1.807, 2.05) is 0 Å². The van der Waals surface area contributed by atoms with Crippen LogP contribution in [0.4, 0.5) is 4.39 Å². The molecule has 0 aliphatic carbocycles. The quantitative estimate of drug-likeness (QED) is 0.840. The Morgan fingerprint density at radius 1 is 1.32 bits per heavy atom. The molecule has 2 N–H and O–H groups in total. The minimum atomic E-state index is -4.24. The molecule has 0 fully saturated rings. The largest absolute Gasteiger partial charge is 0.456 e. The van der Waals surface area contributed by atoms with Crippen LogP contribution in [0.15, 0.2) is 17.0 Å². The molecule has 0 aliphatic heterocycles. The van der Waals surface area contributed by atoms with Crippen molar-refractivity contribution in [1.82, 2.24) is 0 Å². The molecule has 106 valence electrons. The highest BCUT2D eigenvalue weighted by molar-refractivity contribution is 7.89. The summed E-state index contributed by atoms with van der Waals surface area (Å²) >= 11 is 0. The number of hydrogen-bond acceptors (Lipinski definition) is 4. The first kappa shape index (κ1) is 15.6. The van der Waals surface area contributed by atoms with Crippen molar-refractivity contribution < 1.29 is 22.3 Å². The van der Waals surface area contributed by atoms with Crippen LogP contribution in [0.25, 0.3) is 0 Å². The Hall–Kier alpha value is -1.47. The lowest BCUT2D eigenvalue weighted by atomic mass is 10.1. The third-order valence-electron chi connectivity index (χ3n) is 2.16. The minimum absolute atomic E-state index is 0.00684. The van der Waals surface area contributed by atoms with E-state index in [2.05, 4.69) is 0 Å². The molecule has 1 rings (SSSR count). The second-order valence-electron chi connectivity index (χ2n) is 5.15. The number of nitrogens with two attached hydrogens (primary N) is 1. The number of sulfonamides is 1. The Bertz CT molecular complexity index is 617. The summed E-state index contributed by atoms with van der Waals surface area (Å²) in [5, 5.41) is 4.90. The molecule has 0 unspecified atom stereocenters. The Morgan fingerprint density at radius 2 is 1.84 bits per heavy atom. The first-order chi connectivity index (χ1) is 8.42. The molecule has 1 aromatic rings. The molecule has 0 saturated carbocycles. The normalized spacial score (nSPS) is 12.3.